The standard InChI is InChI=1S/C17H16N2O2/c18-7-8-19-10-11-5-6-14-15(9-11)17(21)13-4-2-1-3-12(13)16(14)20/h1-6,9,19H,7-8,10,18H2. The number of nitrogens with two attached hydrogens (primary N) is 1. The van der Waals surface area contributed by atoms with E-state index in [1.165, 1.54) is 0 Å². The minimum Gasteiger partial charge on any atom is -0.329 e. The first-order valence-corrected chi connectivity index (χ1v) is 6.94. The van der Waals surface area contributed by atoms with Crippen molar-refractivity contribution in [1.82, 2.24) is 5.32 Å². The molecule has 1 aliphatic carbocycles. The van der Waals surface area contributed by atoms with E-state index in [1.807, 2.05) is 6.07 Å². The summed E-state index contributed by atoms with van der Waals surface area (Å²) in [5.41, 5.74) is 8.37. The van der Waals surface area contributed by atoms with Crippen molar-refractivity contribution in [3.8, 4) is 0 Å². The van der Waals surface area contributed by atoms with Crippen LogP contribution in [-0.4, -0.2) is 24.7 Å². The van der Waals surface area contributed by atoms with Crippen molar-refractivity contribution >= 4 is 11.6 Å². The van der Waals surface area contributed by atoms with Gasteiger partial charge in [0.25, 0.3) is 0 Å². The smallest absolute Gasteiger partial charge is 0.194 e. The van der Waals surface area contributed by atoms with Crippen molar-refractivity contribution in [2.24, 2.45) is 5.73 Å². The molecule has 106 valence electrons. The van der Waals surface area contributed by atoms with E-state index in [9.17, 15) is 9.59 Å². The van der Waals surface area contributed by atoms with Gasteiger partial charge in [0, 0.05) is 41.9 Å². The molecule has 0 saturated heterocycles. The number of ketones is 2. The zero-order valence-corrected chi connectivity index (χ0v) is 11.6. The van der Waals surface area contributed by atoms with Crippen molar-refractivity contribution in [1.29, 1.82) is 0 Å². The second-order valence-electron chi connectivity index (χ2n) is 5.05. The number of nitrogens with one attached hydrogen (secondary N) is 1. The summed E-state index contributed by atoms with van der Waals surface area (Å²) in [7, 11) is 0. The molecule has 1 aliphatic rings. The van der Waals surface area contributed by atoms with Crippen LogP contribution in [-0.2, 0) is 6.54 Å². The lowest BCUT2D eigenvalue weighted by molar-refractivity contribution is 0.0979. The first kappa shape index (κ1) is 13.7. The first-order chi connectivity index (χ1) is 10.2. The molecule has 0 aliphatic heterocycles. The van der Waals surface area contributed by atoms with Crippen LogP contribution in [0.2, 0.25) is 0 Å². The van der Waals surface area contributed by atoms with Crippen molar-refractivity contribution < 1.29 is 9.59 Å². The average molecular weight is 280 g/mol. The number of rotatable bonds is 4. The van der Waals surface area contributed by atoms with Gasteiger partial charge in [0.15, 0.2) is 11.6 Å². The number of fused-ring (bicyclic) bond motifs is 2. The number of benzene rings is 2. The number of hydrogen-bond donors (Lipinski definition) is 2. The Labute approximate surface area is 123 Å². The minimum absolute atomic E-state index is 0.0818. The number of hydrogen-bond acceptors (Lipinski definition) is 4. The zero-order chi connectivity index (χ0) is 14.8. The van der Waals surface area contributed by atoms with Gasteiger partial charge in [-0.2, -0.15) is 0 Å². The lowest BCUT2D eigenvalue weighted by atomic mass is 9.83. The fraction of sp³-hybridized carbons (Fsp3) is 0.176. The maximum atomic E-state index is 12.5. The van der Waals surface area contributed by atoms with Gasteiger partial charge in [0.1, 0.15) is 0 Å². The quantitative estimate of drug-likeness (QED) is 0.711. The minimum atomic E-state index is -0.0825. The molecular formula is C17H16N2O2. The summed E-state index contributed by atoms with van der Waals surface area (Å²) in [6.45, 7) is 1.91. The Kier molecular flexibility index (Phi) is 3.64. The highest BCUT2D eigenvalue weighted by Crippen LogP contribution is 2.27. The summed E-state index contributed by atoms with van der Waals surface area (Å²) in [4.78, 5) is 25.0. The SMILES string of the molecule is NCCNCc1ccc2c(c1)C(=O)c1ccccc1C2=O. The molecule has 0 amide bonds. The highest BCUT2D eigenvalue weighted by molar-refractivity contribution is 6.28. The molecule has 0 aromatic heterocycles. The van der Waals surface area contributed by atoms with E-state index in [0.717, 1.165) is 5.56 Å². The highest BCUT2D eigenvalue weighted by atomic mass is 16.1. The van der Waals surface area contributed by atoms with Gasteiger partial charge in [0.2, 0.25) is 0 Å². The van der Waals surface area contributed by atoms with Gasteiger partial charge in [-0.05, 0) is 17.7 Å². The van der Waals surface area contributed by atoms with Gasteiger partial charge in [-0.1, -0.05) is 30.3 Å². The van der Waals surface area contributed by atoms with Gasteiger partial charge in [0.05, 0.1) is 0 Å². The van der Waals surface area contributed by atoms with Crippen LogP contribution in [0.25, 0.3) is 0 Å². The molecule has 2 aromatic rings. The van der Waals surface area contributed by atoms with Crippen LogP contribution in [0.4, 0.5) is 0 Å². The van der Waals surface area contributed by atoms with Crippen molar-refractivity contribution in [2.75, 3.05) is 13.1 Å². The van der Waals surface area contributed by atoms with Gasteiger partial charge in [-0.15, -0.1) is 0 Å². The van der Waals surface area contributed by atoms with E-state index in [2.05, 4.69) is 5.32 Å². The van der Waals surface area contributed by atoms with Gasteiger partial charge >= 0.3 is 0 Å². The molecule has 0 spiro atoms. The third kappa shape index (κ3) is 2.39. The molecule has 3 N–H and O–H groups in total. The third-order valence-electron chi connectivity index (χ3n) is 3.64. The van der Waals surface area contributed by atoms with Gasteiger partial charge in [-0.25, -0.2) is 0 Å². The molecule has 0 radical (unpaired) electrons. The largest absolute Gasteiger partial charge is 0.329 e. The van der Waals surface area contributed by atoms with E-state index < -0.39 is 0 Å². The molecule has 0 saturated carbocycles. The Bertz CT molecular complexity index is 722. The van der Waals surface area contributed by atoms with Gasteiger partial charge in [-0.3, -0.25) is 9.59 Å². The molecule has 0 atom stereocenters. The molecule has 0 fully saturated rings. The van der Waals surface area contributed by atoms with Crippen molar-refractivity contribution in [3.63, 3.8) is 0 Å². The van der Waals surface area contributed by atoms with E-state index in [0.29, 0.717) is 41.9 Å². The Morgan fingerprint density at radius 2 is 1.48 bits per heavy atom. The van der Waals surface area contributed by atoms with Crippen molar-refractivity contribution in [3.05, 3.63) is 70.3 Å². The van der Waals surface area contributed by atoms with Crippen molar-refractivity contribution in [2.45, 2.75) is 6.54 Å². The summed E-state index contributed by atoms with van der Waals surface area (Å²) < 4.78 is 0. The van der Waals surface area contributed by atoms with Crippen LogP contribution in [0, 0.1) is 0 Å². The Morgan fingerprint density at radius 1 is 0.857 bits per heavy atom. The molecule has 4 heteroatoms. The summed E-state index contributed by atoms with van der Waals surface area (Å²) in [5.74, 6) is -0.164. The molecule has 2 aromatic carbocycles. The Morgan fingerprint density at radius 3 is 2.14 bits per heavy atom. The maximum absolute atomic E-state index is 12.5. The van der Waals surface area contributed by atoms with Crippen LogP contribution >= 0.6 is 0 Å². The summed E-state index contributed by atoms with van der Waals surface area (Å²) >= 11 is 0. The normalized spacial score (nSPS) is 13.0. The van der Waals surface area contributed by atoms with E-state index >= 15 is 0 Å². The summed E-state index contributed by atoms with van der Waals surface area (Å²) in [6, 6.07) is 12.4. The molecular weight excluding hydrogens is 264 g/mol. The fourth-order valence-electron chi connectivity index (χ4n) is 2.59. The monoisotopic (exact) mass is 280 g/mol. The van der Waals surface area contributed by atoms with Crippen LogP contribution in [0.5, 0.6) is 0 Å². The Hall–Kier alpha value is -2.30. The van der Waals surface area contributed by atoms with Gasteiger partial charge < -0.3 is 11.1 Å². The predicted octanol–water partition coefficient (Wildman–Crippen LogP) is 1.51. The van der Waals surface area contributed by atoms with Crippen LogP contribution in [0.15, 0.2) is 42.5 Å². The second-order valence-corrected chi connectivity index (χ2v) is 5.05. The highest BCUT2D eigenvalue weighted by Gasteiger charge is 2.29. The summed E-state index contributed by atoms with van der Waals surface area (Å²) in [6.07, 6.45) is 0. The maximum Gasteiger partial charge on any atom is 0.194 e. The molecule has 0 bridgehead atoms. The Balaban J connectivity index is 1.99. The first-order valence-electron chi connectivity index (χ1n) is 6.94. The lowest BCUT2D eigenvalue weighted by Crippen LogP contribution is -2.23. The molecule has 0 heterocycles. The van der Waals surface area contributed by atoms with Crippen LogP contribution < -0.4 is 11.1 Å². The fourth-order valence-corrected chi connectivity index (χ4v) is 2.59. The summed E-state index contributed by atoms with van der Waals surface area (Å²) in [5, 5.41) is 3.18. The molecule has 21 heavy (non-hydrogen) atoms. The average Bonchev–Trinajstić information content (AvgIpc) is 2.53. The van der Waals surface area contributed by atoms with E-state index in [-0.39, 0.29) is 11.6 Å². The number of carbonyl (C=O) groups excluding carboxylic acids is 2. The third-order valence-corrected chi connectivity index (χ3v) is 3.64. The second kappa shape index (κ2) is 5.60. The van der Waals surface area contributed by atoms with E-state index in [4.69, 9.17) is 5.73 Å². The van der Waals surface area contributed by atoms with Crippen LogP contribution in [0.3, 0.4) is 0 Å². The predicted molar refractivity (Wildman–Crippen MR) is 80.5 cm³/mol. The number of carbonyl (C=O) groups is 2. The molecule has 3 rings (SSSR count). The molecule has 4 nitrogen and oxygen atoms in total. The van der Waals surface area contributed by atoms with E-state index in [1.54, 1.807) is 36.4 Å². The van der Waals surface area contributed by atoms with Crippen LogP contribution in [0.1, 0.15) is 37.4 Å². The zero-order valence-electron chi connectivity index (χ0n) is 11.6. The topological polar surface area (TPSA) is 72.2 Å². The lowest BCUT2D eigenvalue weighted by Gasteiger charge is -2.18. The molecule has 0 unspecified atom stereocenters.